The summed E-state index contributed by atoms with van der Waals surface area (Å²) in [7, 11) is 0. The van der Waals surface area contributed by atoms with E-state index in [0.717, 1.165) is 45.0 Å². The molecule has 1 aromatic heterocycles. The van der Waals surface area contributed by atoms with Gasteiger partial charge < -0.3 is 9.47 Å². The van der Waals surface area contributed by atoms with Crippen LogP contribution in [0.5, 0.6) is 0 Å². The molecule has 0 radical (unpaired) electrons. The number of rotatable bonds is 10. The summed E-state index contributed by atoms with van der Waals surface area (Å²) in [5, 5.41) is 5.01. The summed E-state index contributed by atoms with van der Waals surface area (Å²) in [5.74, 6) is 0. The first-order valence-electron chi connectivity index (χ1n) is 24.7. The maximum Gasteiger partial charge on any atom is 0.0547 e. The molecule has 2 nitrogen and oxygen atoms in total. The van der Waals surface area contributed by atoms with Crippen LogP contribution in [-0.2, 0) is 0 Å². The molecule has 0 saturated heterocycles. The van der Waals surface area contributed by atoms with E-state index in [2.05, 4.69) is 301 Å². The SMILES string of the molecule is c1ccc(-c2cc(-c3ccccc3)cc(N(c3ccc(-c4ccc(-c5cccc6ccccc56)cc4)cc3)c3cccc(-c4cccc(-c5cccc6c5c5ccccc5n6-c5ccccc5)c4)c3)c2)cc1. The average molecular weight is 917 g/mol. The van der Waals surface area contributed by atoms with Crippen LogP contribution in [0.2, 0.25) is 0 Å². The molecule has 72 heavy (non-hydrogen) atoms. The van der Waals surface area contributed by atoms with Crippen LogP contribution in [0, 0.1) is 0 Å². The number of hydrogen-bond acceptors (Lipinski definition) is 1. The van der Waals surface area contributed by atoms with E-state index in [9.17, 15) is 0 Å². The molecular weight excluding hydrogens is 869 g/mol. The Morgan fingerprint density at radius 1 is 0.236 bits per heavy atom. The molecular formula is C70H48N2. The molecule has 338 valence electrons. The second kappa shape index (κ2) is 18.4. The quantitative estimate of drug-likeness (QED) is 0.133. The van der Waals surface area contributed by atoms with Crippen LogP contribution >= 0.6 is 0 Å². The summed E-state index contributed by atoms with van der Waals surface area (Å²) < 4.78 is 2.39. The summed E-state index contributed by atoms with van der Waals surface area (Å²) in [6.45, 7) is 0. The largest absolute Gasteiger partial charge is 0.310 e. The molecule has 0 aliphatic carbocycles. The van der Waals surface area contributed by atoms with Gasteiger partial charge in [-0.1, -0.05) is 218 Å². The number of para-hydroxylation sites is 2. The zero-order valence-electron chi connectivity index (χ0n) is 39.6. The maximum atomic E-state index is 2.42. The molecule has 0 aliphatic rings. The predicted octanol–water partition coefficient (Wildman–Crippen LogP) is 19.4. The minimum Gasteiger partial charge on any atom is -0.310 e. The van der Waals surface area contributed by atoms with Crippen LogP contribution in [0.4, 0.5) is 17.1 Å². The monoisotopic (exact) mass is 916 g/mol. The Morgan fingerprint density at radius 2 is 0.694 bits per heavy atom. The Kier molecular flexibility index (Phi) is 10.9. The van der Waals surface area contributed by atoms with E-state index >= 15 is 0 Å². The zero-order valence-corrected chi connectivity index (χ0v) is 39.6. The second-order valence-electron chi connectivity index (χ2n) is 18.5. The Labute approximate surface area is 420 Å². The summed E-state index contributed by atoms with van der Waals surface area (Å²) >= 11 is 0. The van der Waals surface area contributed by atoms with Gasteiger partial charge in [0, 0.05) is 33.5 Å². The number of fused-ring (bicyclic) bond motifs is 4. The summed E-state index contributed by atoms with van der Waals surface area (Å²) in [6, 6.07) is 106. The minimum absolute atomic E-state index is 1.07. The van der Waals surface area contributed by atoms with Gasteiger partial charge in [-0.25, -0.2) is 0 Å². The van der Waals surface area contributed by atoms with Crippen LogP contribution in [0.1, 0.15) is 0 Å². The van der Waals surface area contributed by atoms with Gasteiger partial charge in [-0.2, -0.15) is 0 Å². The van der Waals surface area contributed by atoms with E-state index in [4.69, 9.17) is 0 Å². The molecule has 13 aromatic rings. The van der Waals surface area contributed by atoms with E-state index < -0.39 is 0 Å². The number of anilines is 3. The van der Waals surface area contributed by atoms with Crippen LogP contribution in [-0.4, -0.2) is 4.57 Å². The minimum atomic E-state index is 1.07. The van der Waals surface area contributed by atoms with Gasteiger partial charge in [0.05, 0.1) is 11.0 Å². The molecule has 1 heterocycles. The van der Waals surface area contributed by atoms with Crippen molar-refractivity contribution in [2.24, 2.45) is 0 Å². The third-order valence-electron chi connectivity index (χ3n) is 14.2. The van der Waals surface area contributed by atoms with Crippen molar-refractivity contribution in [3.05, 3.63) is 291 Å². The molecule has 0 amide bonds. The third-order valence-corrected chi connectivity index (χ3v) is 14.2. The normalized spacial score (nSPS) is 11.3. The third kappa shape index (κ3) is 7.92. The fourth-order valence-electron chi connectivity index (χ4n) is 10.7. The molecule has 13 rings (SSSR count). The van der Waals surface area contributed by atoms with E-state index in [1.807, 2.05) is 0 Å². The van der Waals surface area contributed by atoms with Gasteiger partial charge in [0.15, 0.2) is 0 Å². The van der Waals surface area contributed by atoms with Gasteiger partial charge in [0.25, 0.3) is 0 Å². The average Bonchev–Trinajstić information content (AvgIpc) is 3.81. The first kappa shape index (κ1) is 42.6. The van der Waals surface area contributed by atoms with Gasteiger partial charge in [0.2, 0.25) is 0 Å². The maximum absolute atomic E-state index is 2.42. The van der Waals surface area contributed by atoms with E-state index in [0.29, 0.717) is 0 Å². The molecule has 0 spiro atoms. The number of benzene rings is 12. The van der Waals surface area contributed by atoms with Crippen LogP contribution < -0.4 is 4.90 Å². The van der Waals surface area contributed by atoms with E-state index in [1.54, 1.807) is 0 Å². The Hall–Kier alpha value is -9.50. The molecule has 0 fully saturated rings. The highest BCUT2D eigenvalue weighted by Gasteiger charge is 2.19. The molecule has 0 unspecified atom stereocenters. The van der Waals surface area contributed by atoms with Gasteiger partial charge in [-0.05, 0) is 150 Å². The lowest BCUT2D eigenvalue weighted by atomic mass is 9.95. The summed E-state index contributed by atoms with van der Waals surface area (Å²) in [6.07, 6.45) is 0. The van der Waals surface area contributed by atoms with Crippen LogP contribution in [0.25, 0.3) is 105 Å². The summed E-state index contributed by atoms with van der Waals surface area (Å²) in [5.41, 5.74) is 20.9. The first-order chi connectivity index (χ1) is 35.7. The standard InChI is InChI=1S/C70H48N2/c1-4-18-49(19-5-1)58-45-59(50-20-6-2-7-21-50)48-63(47-58)71(61-42-40-52(41-43-61)51-36-38-54(39-37-51)65-32-16-23-53-22-10-11-30-64(53)65)62-29-15-25-56(46-62)55-24-14-26-57(44-55)66-33-17-35-69-70(66)67-31-12-13-34-68(67)72(69)60-27-8-3-9-28-60/h1-48H. The van der Waals surface area contributed by atoms with Gasteiger partial charge in [-0.15, -0.1) is 0 Å². The van der Waals surface area contributed by atoms with E-state index in [-0.39, 0.29) is 0 Å². The van der Waals surface area contributed by atoms with Crippen molar-refractivity contribution in [2.45, 2.75) is 0 Å². The smallest absolute Gasteiger partial charge is 0.0547 e. The van der Waals surface area contributed by atoms with Crippen molar-refractivity contribution in [1.82, 2.24) is 4.57 Å². The van der Waals surface area contributed by atoms with Gasteiger partial charge >= 0.3 is 0 Å². The molecule has 0 N–H and O–H groups in total. The highest BCUT2D eigenvalue weighted by Crippen LogP contribution is 2.43. The molecule has 0 saturated carbocycles. The highest BCUT2D eigenvalue weighted by atomic mass is 15.1. The molecule has 0 bridgehead atoms. The fraction of sp³-hybridized carbons (Fsp3) is 0. The second-order valence-corrected chi connectivity index (χ2v) is 18.5. The van der Waals surface area contributed by atoms with Crippen molar-refractivity contribution in [3.63, 3.8) is 0 Å². The Balaban J connectivity index is 0.921. The summed E-state index contributed by atoms with van der Waals surface area (Å²) in [4.78, 5) is 2.42. The molecule has 12 aromatic carbocycles. The lowest BCUT2D eigenvalue weighted by Crippen LogP contribution is -2.10. The van der Waals surface area contributed by atoms with E-state index in [1.165, 1.54) is 77.1 Å². The van der Waals surface area contributed by atoms with Gasteiger partial charge in [0.1, 0.15) is 0 Å². The Morgan fingerprint density at radius 3 is 1.42 bits per heavy atom. The fourth-order valence-corrected chi connectivity index (χ4v) is 10.7. The van der Waals surface area contributed by atoms with Crippen molar-refractivity contribution in [1.29, 1.82) is 0 Å². The lowest BCUT2D eigenvalue weighted by Gasteiger charge is -2.27. The highest BCUT2D eigenvalue weighted by molar-refractivity contribution is 6.16. The number of aromatic nitrogens is 1. The van der Waals surface area contributed by atoms with Crippen molar-refractivity contribution in [3.8, 4) is 72.4 Å². The predicted molar refractivity (Wildman–Crippen MR) is 306 cm³/mol. The number of hydrogen-bond donors (Lipinski definition) is 0. The Bertz CT molecular complexity index is 4000. The molecule has 2 heteroatoms. The zero-order chi connectivity index (χ0) is 47.8. The number of nitrogens with zero attached hydrogens (tertiary/aromatic N) is 2. The first-order valence-corrected chi connectivity index (χ1v) is 24.7. The van der Waals surface area contributed by atoms with Crippen molar-refractivity contribution in [2.75, 3.05) is 4.90 Å². The molecule has 0 atom stereocenters. The van der Waals surface area contributed by atoms with Crippen molar-refractivity contribution >= 4 is 49.6 Å². The lowest BCUT2D eigenvalue weighted by molar-refractivity contribution is 1.18. The molecule has 0 aliphatic heterocycles. The van der Waals surface area contributed by atoms with Crippen molar-refractivity contribution < 1.29 is 0 Å². The topological polar surface area (TPSA) is 8.17 Å². The van der Waals surface area contributed by atoms with Gasteiger partial charge in [-0.3, -0.25) is 0 Å². The van der Waals surface area contributed by atoms with Crippen LogP contribution in [0.15, 0.2) is 291 Å². The van der Waals surface area contributed by atoms with Crippen LogP contribution in [0.3, 0.4) is 0 Å².